The van der Waals surface area contributed by atoms with Gasteiger partial charge in [-0.1, -0.05) is 42.1 Å². The Balaban J connectivity index is 1.66. The third kappa shape index (κ3) is 5.59. The number of hydrogen-bond donors (Lipinski definition) is 0. The van der Waals surface area contributed by atoms with Crippen LogP contribution in [-0.2, 0) is 27.8 Å². The lowest BCUT2D eigenvalue weighted by molar-refractivity contribution is -0.151. The summed E-state index contributed by atoms with van der Waals surface area (Å²) < 4.78 is 6.63. The molecule has 1 aliphatic rings. The van der Waals surface area contributed by atoms with E-state index in [2.05, 4.69) is 4.98 Å². The van der Waals surface area contributed by atoms with E-state index in [9.17, 15) is 14.4 Å². The summed E-state index contributed by atoms with van der Waals surface area (Å²) in [4.78, 5) is 44.3. The topological polar surface area (TPSA) is 81.5 Å². The van der Waals surface area contributed by atoms with E-state index >= 15 is 0 Å². The number of aryl methyl sites for hydroxylation is 1. The molecule has 7 nitrogen and oxygen atoms in total. The van der Waals surface area contributed by atoms with Crippen molar-refractivity contribution < 1.29 is 14.3 Å². The van der Waals surface area contributed by atoms with Crippen molar-refractivity contribution in [2.75, 3.05) is 19.7 Å². The molecule has 0 aliphatic carbocycles. The zero-order valence-electron chi connectivity index (χ0n) is 19.2. The lowest BCUT2D eigenvalue weighted by atomic mass is 9.97. The number of carbonyl (C=O) groups is 2. The molecule has 1 fully saturated rings. The molecular weight excluding hydrogens is 426 g/mol. The molecule has 0 radical (unpaired) electrons. The second-order valence-electron chi connectivity index (χ2n) is 8.10. The predicted octanol–water partition coefficient (Wildman–Crippen LogP) is 2.96. The van der Waals surface area contributed by atoms with Crippen LogP contribution < -0.4 is 5.56 Å². The van der Waals surface area contributed by atoms with E-state index in [1.165, 1.54) is 16.3 Å². The van der Waals surface area contributed by atoms with E-state index in [1.807, 2.05) is 44.2 Å². The van der Waals surface area contributed by atoms with Gasteiger partial charge in [0.15, 0.2) is 5.16 Å². The van der Waals surface area contributed by atoms with Gasteiger partial charge in [-0.05, 0) is 39.2 Å². The molecule has 1 saturated heterocycles. The van der Waals surface area contributed by atoms with Crippen LogP contribution in [0.15, 0.2) is 40.3 Å². The Hall–Kier alpha value is -2.61. The summed E-state index contributed by atoms with van der Waals surface area (Å²) in [5.41, 5.74) is 2.33. The molecule has 1 aromatic carbocycles. The Morgan fingerprint density at radius 2 is 1.88 bits per heavy atom. The van der Waals surface area contributed by atoms with Crippen LogP contribution in [0.4, 0.5) is 0 Å². The highest BCUT2D eigenvalue weighted by Crippen LogP contribution is 2.25. The number of aromatic nitrogens is 2. The molecule has 172 valence electrons. The third-order valence-corrected chi connectivity index (χ3v) is 6.96. The number of nitrogens with zero attached hydrogens (tertiary/aromatic N) is 3. The SMILES string of the molecule is CCOC(=O)C1CCN(C(=O)C(C)Sc2nc(C)c(Cc3ccccc3)c(=O)n2C)CC1. The van der Waals surface area contributed by atoms with Crippen molar-refractivity contribution in [1.29, 1.82) is 0 Å². The number of hydrogen-bond acceptors (Lipinski definition) is 6. The molecular formula is C24H31N3O4S. The maximum atomic E-state index is 13.0. The van der Waals surface area contributed by atoms with Crippen molar-refractivity contribution >= 4 is 23.6 Å². The number of ether oxygens (including phenoxy) is 1. The van der Waals surface area contributed by atoms with Crippen molar-refractivity contribution in [1.82, 2.24) is 14.5 Å². The first-order valence-electron chi connectivity index (χ1n) is 11.0. The van der Waals surface area contributed by atoms with E-state index in [1.54, 1.807) is 18.9 Å². The number of carbonyl (C=O) groups excluding carboxylic acids is 2. The monoisotopic (exact) mass is 457 g/mol. The Morgan fingerprint density at radius 1 is 1.22 bits per heavy atom. The predicted molar refractivity (Wildman–Crippen MR) is 125 cm³/mol. The molecule has 1 unspecified atom stereocenters. The Labute approximate surface area is 193 Å². The lowest BCUT2D eigenvalue weighted by Crippen LogP contribution is -2.43. The van der Waals surface area contributed by atoms with E-state index in [0.29, 0.717) is 55.4 Å². The van der Waals surface area contributed by atoms with Crippen LogP contribution in [0.2, 0.25) is 0 Å². The zero-order chi connectivity index (χ0) is 23.3. The number of rotatable bonds is 7. The van der Waals surface area contributed by atoms with Crippen molar-refractivity contribution in [3.8, 4) is 0 Å². The molecule has 1 aliphatic heterocycles. The van der Waals surface area contributed by atoms with E-state index in [-0.39, 0.29) is 28.6 Å². The molecule has 0 N–H and O–H groups in total. The highest BCUT2D eigenvalue weighted by atomic mass is 32.2. The second kappa shape index (κ2) is 10.8. The number of esters is 1. The molecule has 0 bridgehead atoms. The van der Waals surface area contributed by atoms with Gasteiger partial charge in [-0.2, -0.15) is 0 Å². The van der Waals surface area contributed by atoms with Crippen LogP contribution in [0, 0.1) is 12.8 Å². The lowest BCUT2D eigenvalue weighted by Gasteiger charge is -2.32. The maximum absolute atomic E-state index is 13.0. The molecule has 0 saturated carbocycles. The normalized spacial score (nSPS) is 15.4. The van der Waals surface area contributed by atoms with Crippen molar-refractivity contribution in [3.05, 3.63) is 57.5 Å². The number of piperidine rings is 1. The fourth-order valence-electron chi connectivity index (χ4n) is 3.90. The van der Waals surface area contributed by atoms with Gasteiger partial charge in [0.2, 0.25) is 5.91 Å². The molecule has 0 spiro atoms. The standard InChI is InChI=1S/C24H31N3O4S/c1-5-31-23(30)19-11-13-27(14-12-19)21(28)17(3)32-24-25-16(2)20(22(29)26(24)4)15-18-9-7-6-8-10-18/h6-10,17,19H,5,11-15H2,1-4H3. The minimum Gasteiger partial charge on any atom is -0.466 e. The largest absolute Gasteiger partial charge is 0.466 e. The molecule has 2 aromatic rings. The summed E-state index contributed by atoms with van der Waals surface area (Å²) in [6.07, 6.45) is 1.76. The summed E-state index contributed by atoms with van der Waals surface area (Å²) in [7, 11) is 1.70. The minimum absolute atomic E-state index is 0.00225. The third-order valence-electron chi connectivity index (χ3n) is 5.83. The van der Waals surface area contributed by atoms with E-state index in [4.69, 9.17) is 4.74 Å². The van der Waals surface area contributed by atoms with Gasteiger partial charge in [0.05, 0.1) is 17.8 Å². The summed E-state index contributed by atoms with van der Waals surface area (Å²) in [6.45, 7) is 6.93. The average molecular weight is 458 g/mol. The van der Waals surface area contributed by atoms with Gasteiger partial charge in [-0.15, -0.1) is 0 Å². The van der Waals surface area contributed by atoms with Gasteiger partial charge < -0.3 is 9.64 Å². The zero-order valence-corrected chi connectivity index (χ0v) is 20.0. The summed E-state index contributed by atoms with van der Waals surface area (Å²) >= 11 is 1.30. The molecule has 32 heavy (non-hydrogen) atoms. The summed E-state index contributed by atoms with van der Waals surface area (Å²) in [5, 5.41) is 0.151. The van der Waals surface area contributed by atoms with Crippen molar-refractivity contribution in [2.45, 2.75) is 50.4 Å². The number of likely N-dealkylation sites (tertiary alicyclic amines) is 1. The van der Waals surface area contributed by atoms with Crippen molar-refractivity contribution in [3.63, 3.8) is 0 Å². The van der Waals surface area contributed by atoms with Gasteiger partial charge >= 0.3 is 5.97 Å². The molecule has 8 heteroatoms. The first-order chi connectivity index (χ1) is 15.3. The smallest absolute Gasteiger partial charge is 0.309 e. The number of thioether (sulfide) groups is 1. The minimum atomic E-state index is -0.383. The van der Waals surface area contributed by atoms with Gasteiger partial charge in [0.1, 0.15) is 0 Å². The molecule has 1 amide bonds. The van der Waals surface area contributed by atoms with E-state index in [0.717, 1.165) is 5.56 Å². The van der Waals surface area contributed by atoms with Crippen LogP contribution in [0.5, 0.6) is 0 Å². The van der Waals surface area contributed by atoms with Gasteiger partial charge in [-0.3, -0.25) is 19.0 Å². The molecule has 1 aromatic heterocycles. The maximum Gasteiger partial charge on any atom is 0.309 e. The van der Waals surface area contributed by atoms with Gasteiger partial charge in [-0.25, -0.2) is 4.98 Å². The summed E-state index contributed by atoms with van der Waals surface area (Å²) in [5.74, 6) is -0.311. The average Bonchev–Trinajstić information content (AvgIpc) is 2.80. The van der Waals surface area contributed by atoms with Crippen molar-refractivity contribution in [2.24, 2.45) is 13.0 Å². The second-order valence-corrected chi connectivity index (χ2v) is 9.40. The number of amides is 1. The summed E-state index contributed by atoms with van der Waals surface area (Å²) in [6, 6.07) is 9.84. The molecule has 2 heterocycles. The number of benzene rings is 1. The first kappa shape index (κ1) is 24.0. The van der Waals surface area contributed by atoms with Crippen LogP contribution in [-0.4, -0.2) is 51.3 Å². The van der Waals surface area contributed by atoms with Crippen LogP contribution in [0.25, 0.3) is 0 Å². The van der Waals surface area contributed by atoms with Crippen LogP contribution in [0.3, 0.4) is 0 Å². The highest BCUT2D eigenvalue weighted by Gasteiger charge is 2.31. The van der Waals surface area contributed by atoms with Crippen LogP contribution in [0.1, 0.15) is 43.5 Å². The fraction of sp³-hybridized carbons (Fsp3) is 0.500. The van der Waals surface area contributed by atoms with Crippen LogP contribution >= 0.6 is 11.8 Å². The molecule has 3 rings (SSSR count). The Morgan fingerprint density at radius 3 is 2.50 bits per heavy atom. The fourth-order valence-corrected chi connectivity index (χ4v) is 4.90. The van der Waals surface area contributed by atoms with E-state index < -0.39 is 0 Å². The first-order valence-corrected chi connectivity index (χ1v) is 11.9. The van der Waals surface area contributed by atoms with Gasteiger partial charge in [0.25, 0.3) is 5.56 Å². The van der Waals surface area contributed by atoms with Gasteiger partial charge in [0, 0.05) is 37.8 Å². The Kier molecular flexibility index (Phi) is 8.12. The Bertz CT molecular complexity index is 1010. The molecule has 1 atom stereocenters. The highest BCUT2D eigenvalue weighted by molar-refractivity contribution is 8.00. The quantitative estimate of drug-likeness (QED) is 0.361.